The first-order valence-corrected chi connectivity index (χ1v) is 26.7. The zero-order valence-corrected chi connectivity index (χ0v) is 41.3. The average molecular weight is 961 g/mol. The number of hydrogen-bond donors (Lipinski definition) is 0. The van der Waals surface area contributed by atoms with Gasteiger partial charge < -0.3 is 9.13 Å². The molecule has 76 heavy (non-hydrogen) atoms. The van der Waals surface area contributed by atoms with E-state index in [1.54, 1.807) is 0 Å². The zero-order chi connectivity index (χ0) is 49.4. The standard InChI is InChI=1S/C74H44N2/c1-9-29-59-47(19-1)48-20-2-10-30-60(48)73(59)63-33-17-27-55(71(63)57-41-39-45(43-65(57)73)75-67-35-13-5-23-51(67)52-24-6-14-36-68(52)75)56-28-18-34-64-72(56)58-42-40-46(76-69-37-15-7-25-53(69)54-26-8-16-38-70(54)76)44-66(58)74(64)61-31-11-3-21-49(61)50-22-4-12-32-62(50)74/h1-44H. The number of para-hydroxylation sites is 4. The van der Waals surface area contributed by atoms with Crippen molar-refractivity contribution in [1.29, 1.82) is 0 Å². The first kappa shape index (κ1) is 40.7. The Morgan fingerprint density at radius 2 is 0.474 bits per heavy atom. The summed E-state index contributed by atoms with van der Waals surface area (Å²) in [5.74, 6) is 0. The second-order valence-electron chi connectivity index (χ2n) is 21.3. The predicted molar refractivity (Wildman–Crippen MR) is 313 cm³/mol. The molecule has 4 aliphatic carbocycles. The second kappa shape index (κ2) is 14.5. The first-order valence-electron chi connectivity index (χ1n) is 26.7. The molecule has 0 bridgehead atoms. The van der Waals surface area contributed by atoms with Crippen LogP contribution in [0.4, 0.5) is 0 Å². The summed E-state index contributed by atoms with van der Waals surface area (Å²) in [6.45, 7) is 0. The summed E-state index contributed by atoms with van der Waals surface area (Å²) >= 11 is 0. The average Bonchev–Trinajstić information content (AvgIpc) is 4.45. The topological polar surface area (TPSA) is 9.86 Å². The van der Waals surface area contributed by atoms with E-state index in [1.807, 2.05) is 0 Å². The molecule has 0 fully saturated rings. The van der Waals surface area contributed by atoms with Crippen molar-refractivity contribution >= 4 is 43.6 Å². The lowest BCUT2D eigenvalue weighted by atomic mass is 9.70. The Hall–Kier alpha value is -9.76. The van der Waals surface area contributed by atoms with Crippen molar-refractivity contribution in [2.45, 2.75) is 10.8 Å². The molecule has 0 amide bonds. The summed E-state index contributed by atoms with van der Waals surface area (Å²) in [7, 11) is 0. The van der Waals surface area contributed by atoms with Crippen molar-refractivity contribution in [1.82, 2.24) is 9.13 Å². The molecule has 18 rings (SSSR count). The highest BCUT2D eigenvalue weighted by atomic mass is 15.0. The molecule has 0 aliphatic heterocycles. The molecule has 2 nitrogen and oxygen atoms in total. The van der Waals surface area contributed by atoms with Gasteiger partial charge in [-0.2, -0.15) is 0 Å². The Labute approximate surface area is 439 Å². The molecule has 0 unspecified atom stereocenters. The highest BCUT2D eigenvalue weighted by Crippen LogP contribution is 2.67. The van der Waals surface area contributed by atoms with E-state index in [4.69, 9.17) is 0 Å². The van der Waals surface area contributed by atoms with Gasteiger partial charge in [-0.25, -0.2) is 0 Å². The Morgan fingerprint density at radius 3 is 0.816 bits per heavy atom. The van der Waals surface area contributed by atoms with E-state index in [0.717, 1.165) is 0 Å². The summed E-state index contributed by atoms with van der Waals surface area (Å²) in [5.41, 5.74) is 29.7. The van der Waals surface area contributed by atoms with Crippen LogP contribution in [0.2, 0.25) is 0 Å². The maximum Gasteiger partial charge on any atom is 0.0726 e. The van der Waals surface area contributed by atoms with Crippen molar-refractivity contribution < 1.29 is 0 Å². The molecule has 0 atom stereocenters. The van der Waals surface area contributed by atoms with Crippen LogP contribution in [0, 0.1) is 0 Å². The number of aromatic nitrogens is 2. The molecule has 4 aliphatic rings. The fourth-order valence-electron chi connectivity index (χ4n) is 15.5. The van der Waals surface area contributed by atoms with Crippen molar-refractivity contribution in [3.63, 3.8) is 0 Å². The van der Waals surface area contributed by atoms with Crippen molar-refractivity contribution in [3.05, 3.63) is 311 Å². The fourth-order valence-corrected chi connectivity index (χ4v) is 15.5. The molecule has 2 heterocycles. The van der Waals surface area contributed by atoms with Crippen LogP contribution >= 0.6 is 0 Å². The van der Waals surface area contributed by atoms with Crippen LogP contribution in [0.5, 0.6) is 0 Å². The Kier molecular flexibility index (Phi) is 7.77. The predicted octanol–water partition coefficient (Wildman–Crippen LogP) is 18.2. The molecule has 0 saturated heterocycles. The summed E-state index contributed by atoms with van der Waals surface area (Å²) < 4.78 is 4.97. The van der Waals surface area contributed by atoms with Gasteiger partial charge in [0.05, 0.1) is 32.9 Å². The largest absolute Gasteiger partial charge is 0.309 e. The minimum Gasteiger partial charge on any atom is -0.309 e. The van der Waals surface area contributed by atoms with Crippen molar-refractivity contribution in [2.24, 2.45) is 0 Å². The number of rotatable bonds is 3. The number of fused-ring (bicyclic) bond motifs is 26. The van der Waals surface area contributed by atoms with Gasteiger partial charge in [0.2, 0.25) is 0 Å². The maximum atomic E-state index is 2.54. The van der Waals surface area contributed by atoms with E-state index in [9.17, 15) is 0 Å². The third-order valence-corrected chi connectivity index (χ3v) is 18.2. The van der Waals surface area contributed by atoms with Gasteiger partial charge in [0.25, 0.3) is 0 Å². The molecular formula is C74H44N2. The Morgan fingerprint density at radius 1 is 0.197 bits per heavy atom. The van der Waals surface area contributed by atoms with Crippen LogP contribution in [0.1, 0.15) is 44.5 Å². The highest BCUT2D eigenvalue weighted by Gasteiger charge is 2.55. The van der Waals surface area contributed by atoms with Gasteiger partial charge in [0, 0.05) is 32.9 Å². The molecule has 0 saturated carbocycles. The maximum absolute atomic E-state index is 2.54. The monoisotopic (exact) mass is 960 g/mol. The van der Waals surface area contributed by atoms with Gasteiger partial charge in [-0.1, -0.05) is 218 Å². The lowest BCUT2D eigenvalue weighted by Crippen LogP contribution is -2.26. The Balaban J connectivity index is 0.945. The van der Waals surface area contributed by atoms with E-state index in [1.165, 1.54) is 155 Å². The third kappa shape index (κ3) is 4.76. The SMILES string of the molecule is c1ccc2c(c1)-c1ccccc1C21c2cc(-n3c4ccccc4c4ccccc43)ccc2-c2c(-c3cccc4c3-c3ccc(-n5c6ccccc6c6ccccc65)cc3C43c4ccccc4-c4ccccc43)cccc21. The molecule has 2 heteroatoms. The minimum absolute atomic E-state index is 0.555. The van der Waals surface area contributed by atoms with E-state index in [2.05, 4.69) is 276 Å². The summed E-state index contributed by atoms with van der Waals surface area (Å²) in [4.78, 5) is 0. The molecule has 2 spiro atoms. The molecule has 2 aromatic heterocycles. The van der Waals surface area contributed by atoms with E-state index in [-0.39, 0.29) is 0 Å². The smallest absolute Gasteiger partial charge is 0.0726 e. The summed E-state index contributed by atoms with van der Waals surface area (Å²) in [5, 5.41) is 5.06. The molecule has 14 aromatic rings. The van der Waals surface area contributed by atoms with Crippen LogP contribution < -0.4 is 0 Å². The zero-order valence-electron chi connectivity index (χ0n) is 41.3. The van der Waals surface area contributed by atoms with Gasteiger partial charge in [-0.3, -0.25) is 0 Å². The minimum atomic E-state index is -0.555. The fraction of sp³-hybridized carbons (Fsp3) is 0.0270. The van der Waals surface area contributed by atoms with E-state index in [0.29, 0.717) is 0 Å². The van der Waals surface area contributed by atoms with Gasteiger partial charge in [0.15, 0.2) is 0 Å². The van der Waals surface area contributed by atoms with Gasteiger partial charge in [-0.05, 0) is 149 Å². The Bertz CT molecular complexity index is 4390. The third-order valence-electron chi connectivity index (χ3n) is 18.2. The quantitative estimate of drug-likeness (QED) is 0.167. The van der Waals surface area contributed by atoms with Gasteiger partial charge in [-0.15, -0.1) is 0 Å². The van der Waals surface area contributed by atoms with E-state index >= 15 is 0 Å². The second-order valence-corrected chi connectivity index (χ2v) is 21.3. The van der Waals surface area contributed by atoms with Crippen LogP contribution in [0.25, 0.3) is 111 Å². The van der Waals surface area contributed by atoms with Crippen LogP contribution in [0.15, 0.2) is 267 Å². The lowest BCUT2D eigenvalue weighted by Gasteiger charge is -2.31. The van der Waals surface area contributed by atoms with Gasteiger partial charge >= 0.3 is 0 Å². The van der Waals surface area contributed by atoms with Crippen LogP contribution in [-0.2, 0) is 10.8 Å². The van der Waals surface area contributed by atoms with E-state index < -0.39 is 10.8 Å². The van der Waals surface area contributed by atoms with Crippen LogP contribution in [-0.4, -0.2) is 9.13 Å². The van der Waals surface area contributed by atoms with Crippen LogP contribution in [0.3, 0.4) is 0 Å². The normalized spacial score (nSPS) is 14.3. The van der Waals surface area contributed by atoms with Crippen molar-refractivity contribution in [3.8, 4) is 67.0 Å². The molecule has 12 aromatic carbocycles. The first-order chi connectivity index (χ1) is 37.7. The molecular weight excluding hydrogens is 917 g/mol. The number of benzene rings is 12. The summed E-state index contributed by atoms with van der Waals surface area (Å²) in [6, 6.07) is 101. The molecule has 0 radical (unpaired) electrons. The lowest BCUT2D eigenvalue weighted by molar-refractivity contribution is 0.792. The number of nitrogens with zero attached hydrogens (tertiary/aromatic N) is 2. The molecule has 0 N–H and O–H groups in total. The van der Waals surface area contributed by atoms with Crippen molar-refractivity contribution in [2.75, 3.05) is 0 Å². The summed E-state index contributed by atoms with van der Waals surface area (Å²) in [6.07, 6.45) is 0. The van der Waals surface area contributed by atoms with Gasteiger partial charge in [0.1, 0.15) is 0 Å². The number of hydrogen-bond acceptors (Lipinski definition) is 0. The molecule has 350 valence electrons. The highest BCUT2D eigenvalue weighted by molar-refractivity contribution is 6.12.